The Bertz CT molecular complexity index is 685. The van der Waals surface area contributed by atoms with Crippen molar-refractivity contribution in [2.24, 2.45) is 0 Å². The lowest BCUT2D eigenvalue weighted by Crippen LogP contribution is -2.11. The first-order chi connectivity index (χ1) is 9.16. The highest BCUT2D eigenvalue weighted by Gasteiger charge is 2.20. The van der Waals surface area contributed by atoms with Crippen LogP contribution in [0.15, 0.2) is 43.1 Å². The topological polar surface area (TPSA) is 30.0 Å². The van der Waals surface area contributed by atoms with E-state index in [1.54, 1.807) is 6.20 Å². The van der Waals surface area contributed by atoms with Gasteiger partial charge in [-0.05, 0) is 36.6 Å². The van der Waals surface area contributed by atoms with Gasteiger partial charge in [0.1, 0.15) is 0 Å². The molecule has 0 saturated heterocycles. The van der Waals surface area contributed by atoms with E-state index in [0.29, 0.717) is 6.42 Å². The molecule has 3 rings (SSSR count). The molecular formula is C17H15NO. The Morgan fingerprint density at radius 1 is 1.16 bits per heavy atom. The summed E-state index contributed by atoms with van der Waals surface area (Å²) in [5.41, 5.74) is 5.66. The van der Waals surface area contributed by atoms with Crippen molar-refractivity contribution in [1.29, 1.82) is 0 Å². The summed E-state index contributed by atoms with van der Waals surface area (Å²) in [6.07, 6.45) is 3.04. The third-order valence-corrected chi connectivity index (χ3v) is 3.60. The van der Waals surface area contributed by atoms with Gasteiger partial charge in [-0.25, -0.2) is 0 Å². The number of benzene rings is 1. The molecule has 0 bridgehead atoms. The minimum atomic E-state index is 0.189. The molecule has 0 atom stereocenters. The molecule has 1 aliphatic rings. The standard InChI is InChI=1S/C17H15NO/c1-11-5-7-14-12(2)17-13(4-3-9-18-17)6-8-16(19)15(14)10-11/h3-5,7,9-10H,2,6,8H2,1H3. The highest BCUT2D eigenvalue weighted by molar-refractivity contribution is 6.03. The molecule has 0 fully saturated rings. The van der Waals surface area contributed by atoms with E-state index in [1.807, 2.05) is 37.3 Å². The first kappa shape index (κ1) is 11.8. The molecule has 2 nitrogen and oxygen atoms in total. The van der Waals surface area contributed by atoms with Gasteiger partial charge in [-0.1, -0.05) is 30.3 Å². The molecule has 1 aromatic carbocycles. The smallest absolute Gasteiger partial charge is 0.163 e. The van der Waals surface area contributed by atoms with Crippen LogP contribution >= 0.6 is 0 Å². The van der Waals surface area contributed by atoms with Gasteiger partial charge < -0.3 is 0 Å². The highest BCUT2D eigenvalue weighted by Crippen LogP contribution is 2.30. The van der Waals surface area contributed by atoms with Gasteiger partial charge in [0, 0.05) is 23.8 Å². The molecule has 2 aromatic rings. The van der Waals surface area contributed by atoms with Crippen LogP contribution < -0.4 is 0 Å². The first-order valence-electron chi connectivity index (χ1n) is 6.44. The minimum absolute atomic E-state index is 0.189. The average molecular weight is 249 g/mol. The molecule has 1 aromatic heterocycles. The number of carbonyl (C=O) groups is 1. The molecule has 0 spiro atoms. The molecule has 0 N–H and O–H groups in total. The first-order valence-corrected chi connectivity index (χ1v) is 6.44. The predicted molar refractivity (Wildman–Crippen MR) is 76.2 cm³/mol. The van der Waals surface area contributed by atoms with Crippen molar-refractivity contribution in [2.75, 3.05) is 0 Å². The Kier molecular flexibility index (Phi) is 2.79. The zero-order valence-electron chi connectivity index (χ0n) is 10.9. The molecular weight excluding hydrogens is 234 g/mol. The lowest BCUT2D eigenvalue weighted by atomic mass is 9.87. The van der Waals surface area contributed by atoms with Crippen molar-refractivity contribution in [3.05, 3.63) is 71.1 Å². The molecule has 0 unspecified atom stereocenters. The Labute approximate surface area is 112 Å². The van der Waals surface area contributed by atoms with Crippen molar-refractivity contribution < 1.29 is 4.79 Å². The summed E-state index contributed by atoms with van der Waals surface area (Å²) < 4.78 is 0. The van der Waals surface area contributed by atoms with Crippen molar-refractivity contribution in [3.8, 4) is 0 Å². The lowest BCUT2D eigenvalue weighted by molar-refractivity contribution is 0.0982. The van der Waals surface area contributed by atoms with Crippen LogP contribution in [-0.2, 0) is 6.42 Å². The van der Waals surface area contributed by atoms with Crippen LogP contribution in [0.2, 0.25) is 0 Å². The van der Waals surface area contributed by atoms with Gasteiger partial charge in [0.2, 0.25) is 0 Å². The van der Waals surface area contributed by atoms with Gasteiger partial charge in [-0.2, -0.15) is 0 Å². The zero-order chi connectivity index (χ0) is 13.4. The van der Waals surface area contributed by atoms with Crippen molar-refractivity contribution in [2.45, 2.75) is 19.8 Å². The van der Waals surface area contributed by atoms with Gasteiger partial charge in [0.25, 0.3) is 0 Å². The molecule has 0 aliphatic heterocycles. The minimum Gasteiger partial charge on any atom is -0.294 e. The van der Waals surface area contributed by atoms with Crippen LogP contribution in [0.4, 0.5) is 0 Å². The highest BCUT2D eigenvalue weighted by atomic mass is 16.1. The Morgan fingerprint density at radius 3 is 2.84 bits per heavy atom. The summed E-state index contributed by atoms with van der Waals surface area (Å²) in [5.74, 6) is 0.189. The van der Waals surface area contributed by atoms with Crippen LogP contribution in [-0.4, -0.2) is 10.8 Å². The second-order valence-electron chi connectivity index (χ2n) is 4.96. The summed E-state index contributed by atoms with van der Waals surface area (Å²) in [6.45, 7) is 6.15. The fourth-order valence-corrected chi connectivity index (χ4v) is 2.57. The normalized spacial score (nSPS) is 14.4. The number of ketones is 1. The van der Waals surface area contributed by atoms with Crippen LogP contribution in [0.3, 0.4) is 0 Å². The number of hydrogen-bond acceptors (Lipinski definition) is 2. The second kappa shape index (κ2) is 4.47. The predicted octanol–water partition coefficient (Wildman–Crippen LogP) is 3.58. The van der Waals surface area contributed by atoms with Gasteiger partial charge in [-0.15, -0.1) is 0 Å². The molecule has 94 valence electrons. The molecule has 0 amide bonds. The maximum absolute atomic E-state index is 12.3. The third kappa shape index (κ3) is 1.99. The summed E-state index contributed by atoms with van der Waals surface area (Å²) in [6, 6.07) is 9.89. The number of nitrogens with zero attached hydrogens (tertiary/aromatic N) is 1. The van der Waals surface area contributed by atoms with E-state index in [9.17, 15) is 4.79 Å². The monoisotopic (exact) mass is 249 g/mol. The Morgan fingerprint density at radius 2 is 2.00 bits per heavy atom. The van der Waals surface area contributed by atoms with Gasteiger partial charge in [0.15, 0.2) is 5.78 Å². The Hall–Kier alpha value is -2.22. The van der Waals surface area contributed by atoms with E-state index in [-0.39, 0.29) is 5.78 Å². The number of aromatic nitrogens is 1. The molecule has 0 radical (unpaired) electrons. The number of aryl methyl sites for hydroxylation is 2. The maximum Gasteiger partial charge on any atom is 0.163 e. The quantitative estimate of drug-likeness (QED) is 0.714. The molecule has 0 saturated carbocycles. The van der Waals surface area contributed by atoms with E-state index >= 15 is 0 Å². The van der Waals surface area contributed by atoms with E-state index < -0.39 is 0 Å². The maximum atomic E-state index is 12.3. The molecule has 2 heteroatoms. The SMILES string of the molecule is C=C1c2ccc(C)cc2C(=O)CCc2cccnc21. The van der Waals surface area contributed by atoms with Crippen molar-refractivity contribution in [3.63, 3.8) is 0 Å². The van der Waals surface area contributed by atoms with Gasteiger partial charge in [-0.3, -0.25) is 9.78 Å². The largest absolute Gasteiger partial charge is 0.294 e. The van der Waals surface area contributed by atoms with Crippen LogP contribution in [0.1, 0.15) is 39.2 Å². The van der Waals surface area contributed by atoms with E-state index in [4.69, 9.17) is 0 Å². The summed E-state index contributed by atoms with van der Waals surface area (Å²) in [5, 5.41) is 0. The second-order valence-corrected chi connectivity index (χ2v) is 4.96. The number of fused-ring (bicyclic) bond motifs is 2. The number of rotatable bonds is 0. The lowest BCUT2D eigenvalue weighted by Gasteiger charge is -2.18. The number of hydrogen-bond donors (Lipinski definition) is 0. The molecule has 19 heavy (non-hydrogen) atoms. The van der Waals surface area contributed by atoms with Crippen LogP contribution in [0.5, 0.6) is 0 Å². The summed E-state index contributed by atoms with van der Waals surface area (Å²) >= 11 is 0. The van der Waals surface area contributed by atoms with Crippen LogP contribution in [0, 0.1) is 6.92 Å². The third-order valence-electron chi connectivity index (χ3n) is 3.60. The summed E-state index contributed by atoms with van der Waals surface area (Å²) in [7, 11) is 0. The number of Topliss-reactive ketones (excluding diaryl/α,β-unsaturated/α-hetero) is 1. The van der Waals surface area contributed by atoms with E-state index in [2.05, 4.69) is 11.6 Å². The number of pyridine rings is 1. The van der Waals surface area contributed by atoms with Crippen LogP contribution in [0.25, 0.3) is 5.57 Å². The number of carbonyl (C=O) groups excluding carboxylic acids is 1. The van der Waals surface area contributed by atoms with E-state index in [1.165, 1.54) is 0 Å². The van der Waals surface area contributed by atoms with E-state index in [0.717, 1.165) is 39.9 Å². The molecule has 1 heterocycles. The fraction of sp³-hybridized carbons (Fsp3) is 0.176. The molecule has 1 aliphatic carbocycles. The Balaban J connectivity index is 2.24. The van der Waals surface area contributed by atoms with Gasteiger partial charge >= 0.3 is 0 Å². The van der Waals surface area contributed by atoms with Crippen molar-refractivity contribution in [1.82, 2.24) is 4.98 Å². The fourth-order valence-electron chi connectivity index (χ4n) is 2.57. The average Bonchev–Trinajstić information content (AvgIpc) is 2.43. The zero-order valence-corrected chi connectivity index (χ0v) is 10.9. The van der Waals surface area contributed by atoms with Gasteiger partial charge in [0.05, 0.1) is 5.69 Å². The summed E-state index contributed by atoms with van der Waals surface area (Å²) in [4.78, 5) is 16.7. The van der Waals surface area contributed by atoms with Crippen molar-refractivity contribution >= 4 is 11.4 Å².